The summed E-state index contributed by atoms with van der Waals surface area (Å²) >= 11 is 0. The van der Waals surface area contributed by atoms with Crippen molar-refractivity contribution in [2.75, 3.05) is 26.7 Å². The number of carbonyl (C=O) groups is 1. The van der Waals surface area contributed by atoms with Crippen LogP contribution in [0.4, 0.5) is 5.69 Å². The summed E-state index contributed by atoms with van der Waals surface area (Å²) in [5, 5.41) is 20.3. The summed E-state index contributed by atoms with van der Waals surface area (Å²) in [7, 11) is 2.05. The van der Waals surface area contributed by atoms with Crippen molar-refractivity contribution in [2.45, 2.75) is 19.5 Å². The topological polar surface area (TPSA) is 86.9 Å². The van der Waals surface area contributed by atoms with Crippen LogP contribution in [0, 0.1) is 10.1 Å². The third kappa shape index (κ3) is 3.37. The predicted octanol–water partition coefficient (Wildman–Crippen LogP) is 1.43. The third-order valence-corrected chi connectivity index (χ3v) is 3.98. The zero-order valence-corrected chi connectivity index (χ0v) is 12.2. The molecule has 1 saturated heterocycles. The van der Waals surface area contributed by atoms with E-state index in [1.807, 2.05) is 0 Å². The van der Waals surface area contributed by atoms with Crippen LogP contribution in [-0.2, 0) is 6.54 Å². The Morgan fingerprint density at radius 3 is 2.76 bits per heavy atom. The Bertz CT molecular complexity index is 561. The molecule has 1 N–H and O–H groups in total. The van der Waals surface area contributed by atoms with Gasteiger partial charge in [-0.25, -0.2) is 4.79 Å². The van der Waals surface area contributed by atoms with Gasteiger partial charge in [-0.1, -0.05) is 12.1 Å². The van der Waals surface area contributed by atoms with Crippen molar-refractivity contribution in [3.05, 3.63) is 39.4 Å². The van der Waals surface area contributed by atoms with Gasteiger partial charge in [0.2, 0.25) is 0 Å². The highest BCUT2D eigenvalue weighted by atomic mass is 16.6. The third-order valence-electron chi connectivity index (χ3n) is 3.98. The minimum atomic E-state index is -1.25. The highest BCUT2D eigenvalue weighted by molar-refractivity contribution is 5.94. The number of aromatic carboxylic acids is 1. The van der Waals surface area contributed by atoms with Gasteiger partial charge in [0.05, 0.1) is 4.92 Å². The van der Waals surface area contributed by atoms with Gasteiger partial charge in [-0.05, 0) is 19.5 Å². The van der Waals surface area contributed by atoms with Gasteiger partial charge in [0, 0.05) is 38.3 Å². The van der Waals surface area contributed by atoms with Crippen LogP contribution >= 0.6 is 0 Å². The first-order valence-electron chi connectivity index (χ1n) is 6.82. The molecule has 1 aromatic carbocycles. The van der Waals surface area contributed by atoms with Crippen molar-refractivity contribution in [1.29, 1.82) is 0 Å². The first-order chi connectivity index (χ1) is 9.90. The van der Waals surface area contributed by atoms with Gasteiger partial charge in [-0.15, -0.1) is 0 Å². The minimum absolute atomic E-state index is 0.200. The molecule has 1 atom stereocenters. The van der Waals surface area contributed by atoms with Crippen LogP contribution in [0.3, 0.4) is 0 Å². The molecule has 21 heavy (non-hydrogen) atoms. The standard InChI is InChI=1S/C14H19N3O4/c1-10-8-16(7-6-15(10)2)9-11-4-3-5-12(17(20)21)13(11)14(18)19/h3-5,10H,6-9H2,1-2H3,(H,18,19). The number of carboxylic acid groups (broad SMARTS) is 1. The first-order valence-corrected chi connectivity index (χ1v) is 6.82. The number of benzene rings is 1. The molecule has 0 spiro atoms. The molecule has 7 nitrogen and oxygen atoms in total. The van der Waals surface area contributed by atoms with E-state index in [1.165, 1.54) is 6.07 Å². The van der Waals surface area contributed by atoms with Crippen molar-refractivity contribution < 1.29 is 14.8 Å². The van der Waals surface area contributed by atoms with Crippen LogP contribution < -0.4 is 0 Å². The Hall–Kier alpha value is -1.99. The molecule has 114 valence electrons. The van der Waals surface area contributed by atoms with Crippen molar-refractivity contribution in [2.24, 2.45) is 0 Å². The lowest BCUT2D eigenvalue weighted by Crippen LogP contribution is -2.49. The molecule has 1 aromatic rings. The zero-order valence-electron chi connectivity index (χ0n) is 12.2. The molecule has 1 unspecified atom stereocenters. The lowest BCUT2D eigenvalue weighted by molar-refractivity contribution is -0.385. The normalized spacial score (nSPS) is 20.4. The largest absolute Gasteiger partial charge is 0.477 e. The van der Waals surface area contributed by atoms with Crippen LogP contribution in [0.25, 0.3) is 0 Å². The molecule has 7 heteroatoms. The predicted molar refractivity (Wildman–Crippen MR) is 77.4 cm³/mol. The van der Waals surface area contributed by atoms with E-state index in [1.54, 1.807) is 12.1 Å². The summed E-state index contributed by atoms with van der Waals surface area (Å²) in [5.74, 6) is -1.25. The molecule has 0 saturated carbocycles. The average molecular weight is 293 g/mol. The fourth-order valence-electron chi connectivity index (χ4n) is 2.63. The van der Waals surface area contributed by atoms with Gasteiger partial charge in [0.25, 0.3) is 5.69 Å². The maximum atomic E-state index is 11.4. The van der Waals surface area contributed by atoms with E-state index < -0.39 is 10.9 Å². The van der Waals surface area contributed by atoms with Gasteiger partial charge in [-0.3, -0.25) is 15.0 Å². The fourth-order valence-corrected chi connectivity index (χ4v) is 2.63. The Morgan fingerprint density at radius 1 is 1.48 bits per heavy atom. The Balaban J connectivity index is 2.26. The fraction of sp³-hybridized carbons (Fsp3) is 0.500. The molecular formula is C14H19N3O4. The van der Waals surface area contributed by atoms with E-state index in [4.69, 9.17) is 0 Å². The van der Waals surface area contributed by atoms with Crippen LogP contribution in [0.2, 0.25) is 0 Å². The molecule has 2 rings (SSSR count). The highest BCUT2D eigenvalue weighted by Crippen LogP contribution is 2.24. The SMILES string of the molecule is CC1CN(Cc2cccc([N+](=O)[O-])c2C(=O)O)CCN1C. The monoisotopic (exact) mass is 293 g/mol. The molecule has 0 aromatic heterocycles. The molecular weight excluding hydrogens is 274 g/mol. The lowest BCUT2D eigenvalue weighted by Gasteiger charge is -2.37. The zero-order chi connectivity index (χ0) is 15.6. The first kappa shape index (κ1) is 15.4. The molecule has 1 heterocycles. The van der Waals surface area contributed by atoms with Crippen molar-refractivity contribution in [3.63, 3.8) is 0 Å². The number of nitrogens with zero attached hydrogens (tertiary/aromatic N) is 3. The molecule has 1 aliphatic rings. The molecule has 1 fully saturated rings. The van der Waals surface area contributed by atoms with Crippen LogP contribution in [-0.4, -0.2) is 58.5 Å². The van der Waals surface area contributed by atoms with Gasteiger partial charge < -0.3 is 10.0 Å². The Labute approximate surface area is 122 Å². The van der Waals surface area contributed by atoms with E-state index in [-0.39, 0.29) is 11.3 Å². The van der Waals surface area contributed by atoms with E-state index in [2.05, 4.69) is 23.8 Å². The number of hydrogen-bond donors (Lipinski definition) is 1. The number of carboxylic acids is 1. The van der Waals surface area contributed by atoms with Crippen LogP contribution in [0.5, 0.6) is 0 Å². The minimum Gasteiger partial charge on any atom is -0.477 e. The van der Waals surface area contributed by atoms with E-state index in [9.17, 15) is 20.0 Å². The van der Waals surface area contributed by atoms with Gasteiger partial charge in [0.15, 0.2) is 0 Å². The van der Waals surface area contributed by atoms with E-state index in [0.717, 1.165) is 19.6 Å². The maximum Gasteiger partial charge on any atom is 0.343 e. The summed E-state index contributed by atoms with van der Waals surface area (Å²) in [6.07, 6.45) is 0. The van der Waals surface area contributed by atoms with Crippen LogP contribution in [0.15, 0.2) is 18.2 Å². The number of nitro benzene ring substituents is 1. The summed E-state index contributed by atoms with van der Waals surface area (Å²) < 4.78 is 0. The molecule has 0 bridgehead atoms. The second kappa shape index (κ2) is 6.19. The molecule has 0 amide bonds. The lowest BCUT2D eigenvalue weighted by atomic mass is 10.0. The smallest absolute Gasteiger partial charge is 0.343 e. The van der Waals surface area contributed by atoms with Crippen molar-refractivity contribution in [3.8, 4) is 0 Å². The summed E-state index contributed by atoms with van der Waals surface area (Å²) in [6, 6.07) is 4.81. The van der Waals surface area contributed by atoms with E-state index >= 15 is 0 Å². The molecule has 1 aliphatic heterocycles. The second-order valence-corrected chi connectivity index (χ2v) is 5.44. The Kier molecular flexibility index (Phi) is 4.54. The number of piperazine rings is 1. The van der Waals surface area contributed by atoms with Crippen molar-refractivity contribution in [1.82, 2.24) is 9.80 Å². The maximum absolute atomic E-state index is 11.4. The number of nitro groups is 1. The summed E-state index contributed by atoms with van der Waals surface area (Å²) in [6.45, 7) is 5.07. The summed E-state index contributed by atoms with van der Waals surface area (Å²) in [5.41, 5.74) is -0.0512. The number of likely N-dealkylation sites (N-methyl/N-ethyl adjacent to an activating group) is 1. The second-order valence-electron chi connectivity index (χ2n) is 5.44. The van der Waals surface area contributed by atoms with Gasteiger partial charge in [0.1, 0.15) is 5.56 Å². The van der Waals surface area contributed by atoms with Crippen molar-refractivity contribution >= 4 is 11.7 Å². The van der Waals surface area contributed by atoms with E-state index in [0.29, 0.717) is 18.2 Å². The molecule has 0 aliphatic carbocycles. The average Bonchev–Trinajstić information content (AvgIpc) is 2.42. The highest BCUT2D eigenvalue weighted by Gasteiger charge is 2.26. The number of rotatable bonds is 4. The molecule has 0 radical (unpaired) electrons. The number of hydrogen-bond acceptors (Lipinski definition) is 5. The van der Waals surface area contributed by atoms with Crippen LogP contribution in [0.1, 0.15) is 22.8 Å². The summed E-state index contributed by atoms with van der Waals surface area (Å²) in [4.78, 5) is 26.1. The van der Waals surface area contributed by atoms with Gasteiger partial charge >= 0.3 is 5.97 Å². The quantitative estimate of drug-likeness (QED) is 0.667. The Morgan fingerprint density at radius 2 is 2.19 bits per heavy atom. The van der Waals surface area contributed by atoms with Gasteiger partial charge in [-0.2, -0.15) is 0 Å².